The molecular formula is C18H25N5OSi. The van der Waals surface area contributed by atoms with Gasteiger partial charge in [0.15, 0.2) is 0 Å². The maximum absolute atomic E-state index is 6.08. The second-order valence-electron chi connectivity index (χ2n) is 7.32. The highest BCUT2D eigenvalue weighted by Gasteiger charge is 2.17. The van der Waals surface area contributed by atoms with Crippen molar-refractivity contribution in [2.75, 3.05) is 12.3 Å². The van der Waals surface area contributed by atoms with Crippen molar-refractivity contribution in [1.82, 2.24) is 20.0 Å². The molecule has 2 heterocycles. The smallest absolute Gasteiger partial charge is 0.139 e. The summed E-state index contributed by atoms with van der Waals surface area (Å²) in [6, 6.07) is 13.1. The van der Waals surface area contributed by atoms with E-state index in [1.165, 1.54) is 0 Å². The molecule has 132 valence electrons. The van der Waals surface area contributed by atoms with Gasteiger partial charge in [0, 0.05) is 20.9 Å². The number of H-pyrrole nitrogens is 1. The number of nitrogen functional groups attached to an aromatic ring is 1. The fourth-order valence-corrected chi connectivity index (χ4v) is 3.29. The predicted octanol–water partition coefficient (Wildman–Crippen LogP) is 3.83. The van der Waals surface area contributed by atoms with Gasteiger partial charge in [0.2, 0.25) is 0 Å². The number of nitrogens with one attached hydrogen (secondary N) is 1. The topological polar surface area (TPSA) is 81.8 Å². The number of aromatic amines is 1. The van der Waals surface area contributed by atoms with Gasteiger partial charge < -0.3 is 10.5 Å². The van der Waals surface area contributed by atoms with Gasteiger partial charge in [-0.05, 0) is 17.7 Å². The van der Waals surface area contributed by atoms with Crippen LogP contribution < -0.4 is 5.73 Å². The summed E-state index contributed by atoms with van der Waals surface area (Å²) < 4.78 is 7.54. The van der Waals surface area contributed by atoms with Crippen LogP contribution in [0.15, 0.2) is 42.6 Å². The molecule has 25 heavy (non-hydrogen) atoms. The van der Waals surface area contributed by atoms with Gasteiger partial charge in [-0.2, -0.15) is 10.2 Å². The van der Waals surface area contributed by atoms with E-state index in [0.29, 0.717) is 12.5 Å². The summed E-state index contributed by atoms with van der Waals surface area (Å²) in [6.07, 6.45) is 1.91. The standard InChI is InChI=1S/C18H25N5OSi/c1-25(2,3)12-11-24-13-23-10-9-15(22-23)17-16(18(19)21-20-17)14-7-5-4-6-8-14/h4-10H,11-13H2,1-3H3,(H3,19,20,21). The molecule has 0 saturated carbocycles. The van der Waals surface area contributed by atoms with Crippen molar-refractivity contribution in [3.8, 4) is 22.5 Å². The number of ether oxygens (including phenoxy) is 1. The van der Waals surface area contributed by atoms with E-state index in [9.17, 15) is 0 Å². The fraction of sp³-hybridized carbons (Fsp3) is 0.333. The molecule has 0 aliphatic heterocycles. The highest BCUT2D eigenvalue weighted by atomic mass is 28.3. The lowest BCUT2D eigenvalue weighted by molar-refractivity contribution is 0.0787. The molecule has 0 bridgehead atoms. The van der Waals surface area contributed by atoms with E-state index in [4.69, 9.17) is 10.5 Å². The molecule has 3 aromatic rings. The van der Waals surface area contributed by atoms with E-state index in [-0.39, 0.29) is 0 Å². The molecule has 3 N–H and O–H groups in total. The zero-order valence-corrected chi connectivity index (χ0v) is 16.0. The molecule has 0 saturated heterocycles. The van der Waals surface area contributed by atoms with Gasteiger partial charge in [0.05, 0.1) is 5.56 Å². The molecule has 0 unspecified atom stereocenters. The van der Waals surface area contributed by atoms with Crippen LogP contribution in [-0.2, 0) is 11.5 Å². The largest absolute Gasteiger partial charge is 0.384 e. The van der Waals surface area contributed by atoms with Crippen LogP contribution >= 0.6 is 0 Å². The van der Waals surface area contributed by atoms with E-state index in [2.05, 4.69) is 34.9 Å². The van der Waals surface area contributed by atoms with Crippen LogP contribution in [0.1, 0.15) is 0 Å². The van der Waals surface area contributed by atoms with Gasteiger partial charge in [-0.1, -0.05) is 50.0 Å². The number of aromatic nitrogens is 4. The Morgan fingerprint density at radius 1 is 1.16 bits per heavy atom. The lowest BCUT2D eigenvalue weighted by atomic mass is 10.0. The Kier molecular flexibility index (Phi) is 5.05. The highest BCUT2D eigenvalue weighted by molar-refractivity contribution is 6.76. The first-order chi connectivity index (χ1) is 11.9. The molecule has 0 spiro atoms. The van der Waals surface area contributed by atoms with Gasteiger partial charge in [-0.15, -0.1) is 0 Å². The first-order valence-corrected chi connectivity index (χ1v) is 12.2. The van der Waals surface area contributed by atoms with E-state index >= 15 is 0 Å². The van der Waals surface area contributed by atoms with Crippen molar-refractivity contribution in [2.24, 2.45) is 0 Å². The minimum Gasteiger partial charge on any atom is -0.384 e. The van der Waals surface area contributed by atoms with Gasteiger partial charge in [-0.3, -0.25) is 5.10 Å². The van der Waals surface area contributed by atoms with Crippen molar-refractivity contribution in [3.05, 3.63) is 42.6 Å². The van der Waals surface area contributed by atoms with E-state index < -0.39 is 8.07 Å². The fourth-order valence-electron chi connectivity index (χ4n) is 2.53. The molecule has 0 atom stereocenters. The van der Waals surface area contributed by atoms with Crippen LogP contribution in [-0.4, -0.2) is 34.7 Å². The summed E-state index contributed by atoms with van der Waals surface area (Å²) in [5.41, 5.74) is 9.51. The van der Waals surface area contributed by atoms with Crippen molar-refractivity contribution in [1.29, 1.82) is 0 Å². The maximum atomic E-state index is 6.08. The van der Waals surface area contributed by atoms with Crippen molar-refractivity contribution < 1.29 is 4.74 Å². The van der Waals surface area contributed by atoms with Crippen LogP contribution in [0.2, 0.25) is 25.7 Å². The Morgan fingerprint density at radius 2 is 1.92 bits per heavy atom. The van der Waals surface area contributed by atoms with Gasteiger partial charge in [0.1, 0.15) is 23.9 Å². The number of nitrogens with zero attached hydrogens (tertiary/aromatic N) is 3. The summed E-state index contributed by atoms with van der Waals surface area (Å²) in [4.78, 5) is 0. The SMILES string of the molecule is C[Si](C)(C)CCOCn1ccc(-c2n[nH]c(N)c2-c2ccccc2)n1. The lowest BCUT2D eigenvalue weighted by Gasteiger charge is -2.15. The van der Waals surface area contributed by atoms with Gasteiger partial charge >= 0.3 is 0 Å². The first kappa shape index (κ1) is 17.4. The maximum Gasteiger partial charge on any atom is 0.139 e. The number of nitrogens with two attached hydrogens (primary N) is 1. The Morgan fingerprint density at radius 3 is 2.64 bits per heavy atom. The number of anilines is 1. The third kappa shape index (κ3) is 4.37. The third-order valence-corrected chi connectivity index (χ3v) is 5.66. The molecule has 2 aromatic heterocycles. The monoisotopic (exact) mass is 355 g/mol. The van der Waals surface area contributed by atoms with Crippen LogP contribution in [0.4, 0.5) is 5.82 Å². The van der Waals surface area contributed by atoms with Crippen molar-refractivity contribution in [3.63, 3.8) is 0 Å². The van der Waals surface area contributed by atoms with Crippen LogP contribution in [0.5, 0.6) is 0 Å². The summed E-state index contributed by atoms with van der Waals surface area (Å²) in [6.45, 7) is 8.25. The Hall–Kier alpha value is -2.38. The average molecular weight is 356 g/mol. The summed E-state index contributed by atoms with van der Waals surface area (Å²) >= 11 is 0. The van der Waals surface area contributed by atoms with Gasteiger partial charge in [0.25, 0.3) is 0 Å². The number of benzene rings is 1. The quantitative estimate of drug-likeness (QED) is 0.498. The van der Waals surface area contributed by atoms with E-state index in [0.717, 1.165) is 35.2 Å². The normalized spacial score (nSPS) is 11.8. The molecule has 0 fully saturated rings. The van der Waals surface area contributed by atoms with Crippen LogP contribution in [0, 0.1) is 0 Å². The minimum absolute atomic E-state index is 0.449. The first-order valence-electron chi connectivity index (χ1n) is 8.45. The van der Waals surface area contributed by atoms with Crippen LogP contribution in [0.3, 0.4) is 0 Å². The molecule has 7 heteroatoms. The molecular weight excluding hydrogens is 330 g/mol. The zero-order valence-electron chi connectivity index (χ0n) is 15.0. The second kappa shape index (κ2) is 7.24. The molecule has 0 radical (unpaired) electrons. The Balaban J connectivity index is 1.73. The number of hydrogen-bond acceptors (Lipinski definition) is 4. The Bertz CT molecular complexity index is 820. The number of rotatable bonds is 7. The third-order valence-electron chi connectivity index (χ3n) is 3.96. The molecule has 0 aliphatic carbocycles. The summed E-state index contributed by atoms with van der Waals surface area (Å²) in [5, 5.41) is 11.8. The highest BCUT2D eigenvalue weighted by Crippen LogP contribution is 2.33. The summed E-state index contributed by atoms with van der Waals surface area (Å²) in [5.74, 6) is 0.544. The van der Waals surface area contributed by atoms with E-state index in [1.54, 1.807) is 4.68 Å². The molecule has 3 rings (SSSR count). The minimum atomic E-state index is -1.07. The zero-order chi connectivity index (χ0) is 17.9. The van der Waals surface area contributed by atoms with Crippen LogP contribution in [0.25, 0.3) is 22.5 Å². The Labute approximate surface area is 149 Å². The molecule has 0 aliphatic rings. The molecule has 0 amide bonds. The predicted molar refractivity (Wildman–Crippen MR) is 104 cm³/mol. The van der Waals surface area contributed by atoms with Crippen molar-refractivity contribution >= 4 is 13.9 Å². The molecule has 6 nitrogen and oxygen atoms in total. The lowest BCUT2D eigenvalue weighted by Crippen LogP contribution is -2.22. The van der Waals surface area contributed by atoms with E-state index in [1.807, 2.05) is 42.6 Å². The number of hydrogen-bond donors (Lipinski definition) is 2. The molecule has 1 aromatic carbocycles. The second-order valence-corrected chi connectivity index (χ2v) is 12.9. The summed E-state index contributed by atoms with van der Waals surface area (Å²) in [7, 11) is -1.07. The average Bonchev–Trinajstić information content (AvgIpc) is 3.18. The van der Waals surface area contributed by atoms with Gasteiger partial charge in [-0.25, -0.2) is 4.68 Å². The van der Waals surface area contributed by atoms with Crippen molar-refractivity contribution in [2.45, 2.75) is 32.4 Å².